The van der Waals surface area contributed by atoms with E-state index in [0.717, 1.165) is 5.56 Å². The van der Waals surface area contributed by atoms with Crippen molar-refractivity contribution < 1.29 is 4.79 Å². The van der Waals surface area contributed by atoms with Crippen molar-refractivity contribution >= 4 is 5.78 Å². The summed E-state index contributed by atoms with van der Waals surface area (Å²) in [5.74, 6) is 2.09. The van der Waals surface area contributed by atoms with Gasteiger partial charge in [-0.3, -0.25) is 9.78 Å². The molecule has 1 heterocycles. The maximum absolute atomic E-state index is 12.0. The summed E-state index contributed by atoms with van der Waals surface area (Å²) < 4.78 is 0. The van der Waals surface area contributed by atoms with E-state index >= 15 is 0 Å². The molecule has 72 valence electrons. The molecule has 0 spiro atoms. The number of Topliss-reactive ketones (excluding diaryl/α,β-unsaturated/α-hetero) is 1. The average molecular weight is 187 g/mol. The van der Waals surface area contributed by atoms with Crippen LogP contribution in [0.3, 0.4) is 0 Å². The van der Waals surface area contributed by atoms with Crippen LogP contribution < -0.4 is 0 Å². The maximum Gasteiger partial charge on any atom is 0.168 e. The molecule has 0 bridgehead atoms. The second-order valence-corrected chi connectivity index (χ2v) is 4.39. The molecule has 0 saturated heterocycles. The Morgan fingerprint density at radius 2 is 2.14 bits per heavy atom. The largest absolute Gasteiger partial charge is 0.294 e. The molecule has 0 amide bonds. The van der Waals surface area contributed by atoms with Crippen LogP contribution >= 0.6 is 0 Å². The topological polar surface area (TPSA) is 30.0 Å². The highest BCUT2D eigenvalue weighted by atomic mass is 16.1. The third-order valence-electron chi connectivity index (χ3n) is 3.66. The highest BCUT2D eigenvalue weighted by molar-refractivity contribution is 5.99. The molecule has 1 aromatic rings. The minimum atomic E-state index is 0.327. The van der Waals surface area contributed by atoms with Gasteiger partial charge in [-0.2, -0.15) is 0 Å². The Morgan fingerprint density at radius 3 is 2.79 bits per heavy atom. The number of hydrogen-bond acceptors (Lipinski definition) is 2. The summed E-state index contributed by atoms with van der Waals surface area (Å²) in [6, 6.07) is 3.72. The minimum absolute atomic E-state index is 0.327. The molecule has 0 aromatic carbocycles. The molecule has 14 heavy (non-hydrogen) atoms. The van der Waals surface area contributed by atoms with Gasteiger partial charge >= 0.3 is 0 Å². The first kappa shape index (κ1) is 8.16. The van der Waals surface area contributed by atoms with Gasteiger partial charge in [0.2, 0.25) is 0 Å². The van der Waals surface area contributed by atoms with Gasteiger partial charge in [-0.25, -0.2) is 0 Å². The van der Waals surface area contributed by atoms with Crippen LogP contribution in [-0.2, 0) is 0 Å². The quantitative estimate of drug-likeness (QED) is 0.665. The first-order valence-corrected chi connectivity index (χ1v) is 5.32. The standard InChI is InChI=1S/C12H13NO/c14-12(8-3-2-6-13-7-8)11-9-4-1-5-10(9)11/h2-3,6-7,9-11H,1,4-5H2. The Labute approximate surface area is 83.4 Å². The van der Waals surface area contributed by atoms with Crippen LogP contribution in [0.4, 0.5) is 0 Å². The van der Waals surface area contributed by atoms with Crippen LogP contribution in [0.1, 0.15) is 29.6 Å². The molecule has 2 aliphatic rings. The van der Waals surface area contributed by atoms with Gasteiger partial charge in [0, 0.05) is 23.9 Å². The van der Waals surface area contributed by atoms with Crippen molar-refractivity contribution in [3.63, 3.8) is 0 Å². The fraction of sp³-hybridized carbons (Fsp3) is 0.500. The van der Waals surface area contributed by atoms with Crippen LogP contribution in [0, 0.1) is 17.8 Å². The second-order valence-electron chi connectivity index (χ2n) is 4.39. The summed E-state index contributed by atoms with van der Waals surface area (Å²) >= 11 is 0. The van der Waals surface area contributed by atoms with Gasteiger partial charge in [0.25, 0.3) is 0 Å². The normalized spacial score (nSPS) is 33.9. The number of rotatable bonds is 2. The highest BCUT2D eigenvalue weighted by Gasteiger charge is 2.56. The van der Waals surface area contributed by atoms with Crippen LogP contribution in [0.25, 0.3) is 0 Å². The molecule has 0 N–H and O–H groups in total. The first-order valence-electron chi connectivity index (χ1n) is 5.32. The molecule has 2 fully saturated rings. The van der Waals surface area contributed by atoms with E-state index in [9.17, 15) is 4.79 Å². The van der Waals surface area contributed by atoms with Gasteiger partial charge in [0.15, 0.2) is 5.78 Å². The van der Waals surface area contributed by atoms with Gasteiger partial charge in [-0.15, -0.1) is 0 Å². The maximum atomic E-state index is 12.0. The lowest BCUT2D eigenvalue weighted by Gasteiger charge is -2.01. The van der Waals surface area contributed by atoms with Crippen molar-refractivity contribution in [2.75, 3.05) is 0 Å². The SMILES string of the molecule is O=C(c1cccnc1)C1C2CCCC21. The summed E-state index contributed by atoms with van der Waals surface area (Å²) in [5.41, 5.74) is 0.798. The van der Waals surface area contributed by atoms with E-state index in [4.69, 9.17) is 0 Å². The van der Waals surface area contributed by atoms with Crippen LogP contribution in [0.5, 0.6) is 0 Å². The Kier molecular flexibility index (Phi) is 1.69. The molecular formula is C12H13NO. The van der Waals surface area contributed by atoms with Gasteiger partial charge in [0.1, 0.15) is 0 Å². The third-order valence-corrected chi connectivity index (χ3v) is 3.66. The number of nitrogens with zero attached hydrogens (tertiary/aromatic N) is 1. The number of fused-ring (bicyclic) bond motifs is 1. The average Bonchev–Trinajstić information content (AvgIpc) is 2.72. The molecule has 2 aliphatic carbocycles. The Balaban J connectivity index is 1.79. The number of carbonyl (C=O) groups excluding carboxylic acids is 1. The smallest absolute Gasteiger partial charge is 0.168 e. The molecule has 2 atom stereocenters. The summed E-state index contributed by atoms with van der Waals surface area (Å²) in [6.45, 7) is 0. The van der Waals surface area contributed by atoms with E-state index in [1.165, 1.54) is 19.3 Å². The highest BCUT2D eigenvalue weighted by Crippen LogP contribution is 2.58. The van der Waals surface area contributed by atoms with Crippen molar-refractivity contribution in [1.29, 1.82) is 0 Å². The summed E-state index contributed by atoms with van der Waals surface area (Å²) in [5, 5.41) is 0. The number of carbonyl (C=O) groups is 1. The lowest BCUT2D eigenvalue weighted by Crippen LogP contribution is -2.06. The fourth-order valence-electron chi connectivity index (χ4n) is 2.91. The Bertz CT molecular complexity index is 350. The zero-order chi connectivity index (χ0) is 9.54. The summed E-state index contributed by atoms with van der Waals surface area (Å²) in [4.78, 5) is 16.0. The number of aromatic nitrogens is 1. The molecule has 2 heteroatoms. The molecule has 2 unspecified atom stereocenters. The Hall–Kier alpha value is -1.18. The lowest BCUT2D eigenvalue weighted by molar-refractivity contribution is 0.0951. The lowest BCUT2D eigenvalue weighted by atomic mass is 10.0. The number of ketones is 1. The molecule has 3 rings (SSSR count). The van der Waals surface area contributed by atoms with E-state index in [0.29, 0.717) is 23.5 Å². The third kappa shape index (κ3) is 1.10. The zero-order valence-electron chi connectivity index (χ0n) is 8.02. The summed E-state index contributed by atoms with van der Waals surface area (Å²) in [7, 11) is 0. The van der Waals surface area contributed by atoms with Crippen LogP contribution in [0.2, 0.25) is 0 Å². The van der Waals surface area contributed by atoms with Crippen LogP contribution in [-0.4, -0.2) is 10.8 Å². The zero-order valence-corrected chi connectivity index (χ0v) is 8.02. The van der Waals surface area contributed by atoms with Crippen molar-refractivity contribution in [2.24, 2.45) is 17.8 Å². The van der Waals surface area contributed by atoms with Crippen molar-refractivity contribution in [2.45, 2.75) is 19.3 Å². The van der Waals surface area contributed by atoms with Gasteiger partial charge in [-0.05, 0) is 36.8 Å². The number of hydrogen-bond donors (Lipinski definition) is 0. The van der Waals surface area contributed by atoms with Crippen molar-refractivity contribution in [1.82, 2.24) is 4.98 Å². The van der Waals surface area contributed by atoms with Gasteiger partial charge in [-0.1, -0.05) is 6.42 Å². The van der Waals surface area contributed by atoms with E-state index in [-0.39, 0.29) is 0 Å². The molecule has 0 radical (unpaired) electrons. The van der Waals surface area contributed by atoms with E-state index in [1.54, 1.807) is 12.4 Å². The van der Waals surface area contributed by atoms with Crippen molar-refractivity contribution in [3.05, 3.63) is 30.1 Å². The fourth-order valence-corrected chi connectivity index (χ4v) is 2.91. The minimum Gasteiger partial charge on any atom is -0.294 e. The molecule has 1 aromatic heterocycles. The molecule has 0 aliphatic heterocycles. The Morgan fingerprint density at radius 1 is 1.36 bits per heavy atom. The van der Waals surface area contributed by atoms with E-state index < -0.39 is 0 Å². The molecular weight excluding hydrogens is 174 g/mol. The van der Waals surface area contributed by atoms with Crippen LogP contribution in [0.15, 0.2) is 24.5 Å². The summed E-state index contributed by atoms with van der Waals surface area (Å²) in [6.07, 6.45) is 7.26. The van der Waals surface area contributed by atoms with Gasteiger partial charge < -0.3 is 0 Å². The second kappa shape index (κ2) is 2.91. The van der Waals surface area contributed by atoms with Gasteiger partial charge in [0.05, 0.1) is 0 Å². The monoisotopic (exact) mass is 187 g/mol. The molecule has 2 saturated carbocycles. The predicted molar refractivity (Wildman–Crippen MR) is 52.9 cm³/mol. The molecule has 2 nitrogen and oxygen atoms in total. The predicted octanol–water partition coefficient (Wildman–Crippen LogP) is 2.31. The van der Waals surface area contributed by atoms with E-state index in [1.807, 2.05) is 12.1 Å². The number of pyridine rings is 1. The van der Waals surface area contributed by atoms with Crippen molar-refractivity contribution in [3.8, 4) is 0 Å². The van der Waals surface area contributed by atoms with E-state index in [2.05, 4.69) is 4.98 Å². The first-order chi connectivity index (χ1) is 6.88.